The molecule has 0 spiro atoms. The van der Waals surface area contributed by atoms with Crippen molar-refractivity contribution in [1.29, 1.82) is 0 Å². The first-order chi connectivity index (χ1) is 6.66. The molecule has 0 aliphatic rings. The molecule has 5 heteroatoms. The molecular formula is C9H10N2O2Se. The summed E-state index contributed by atoms with van der Waals surface area (Å²) < 4.78 is 2.36. The van der Waals surface area contributed by atoms with Crippen LogP contribution < -0.4 is 5.73 Å². The van der Waals surface area contributed by atoms with Gasteiger partial charge in [0.1, 0.15) is 0 Å². The normalized spacial score (nSPS) is 13.2. The van der Waals surface area contributed by atoms with Gasteiger partial charge in [-0.15, -0.1) is 0 Å². The third-order valence-electron chi connectivity index (χ3n) is 2.03. The third-order valence-corrected chi connectivity index (χ3v) is 4.34. The number of hydrogen-bond donors (Lipinski definition) is 3. The summed E-state index contributed by atoms with van der Waals surface area (Å²) in [5.74, 6) is -0.933. The van der Waals surface area contributed by atoms with Gasteiger partial charge in [-0.3, -0.25) is 0 Å². The Bertz CT molecular complexity index is 432. The van der Waals surface area contributed by atoms with Crippen molar-refractivity contribution in [2.75, 3.05) is 0 Å². The van der Waals surface area contributed by atoms with Crippen molar-refractivity contribution >= 4 is 30.2 Å². The number of aliphatic carboxylic acids is 1. The Labute approximate surface area is 86.5 Å². The molecule has 0 bridgehead atoms. The molecular weight excluding hydrogens is 247 g/mol. The van der Waals surface area contributed by atoms with Gasteiger partial charge < -0.3 is 0 Å². The number of nitrogens with two attached hydrogens (primary N) is 1. The van der Waals surface area contributed by atoms with Gasteiger partial charge in [0.05, 0.1) is 0 Å². The summed E-state index contributed by atoms with van der Waals surface area (Å²) in [5, 5.41) is 9.84. The summed E-state index contributed by atoms with van der Waals surface area (Å²) in [6.07, 6.45) is 2.36. The quantitative estimate of drug-likeness (QED) is 0.686. The number of carbonyl (C=O) groups is 1. The Morgan fingerprint density at radius 1 is 1.71 bits per heavy atom. The zero-order chi connectivity index (χ0) is 10.1. The summed E-state index contributed by atoms with van der Waals surface area (Å²) in [4.78, 5) is 13.7. The van der Waals surface area contributed by atoms with Crippen LogP contribution in [0.2, 0.25) is 0 Å². The molecule has 4 N–H and O–H groups in total. The van der Waals surface area contributed by atoms with Crippen molar-refractivity contribution in [3.63, 3.8) is 0 Å². The monoisotopic (exact) mass is 258 g/mol. The first kappa shape index (κ1) is 9.52. The van der Waals surface area contributed by atoms with Gasteiger partial charge in [0.25, 0.3) is 0 Å². The number of hydrogen-bond acceptors (Lipinski definition) is 2. The average Bonchev–Trinajstić information content (AvgIpc) is 2.63. The molecule has 2 heterocycles. The summed E-state index contributed by atoms with van der Waals surface area (Å²) >= 11 is 0.228. The van der Waals surface area contributed by atoms with Gasteiger partial charge in [-0.05, 0) is 0 Å². The van der Waals surface area contributed by atoms with E-state index in [1.54, 1.807) is 0 Å². The Hall–Kier alpha value is -1.03. The van der Waals surface area contributed by atoms with Gasteiger partial charge in [0, 0.05) is 0 Å². The van der Waals surface area contributed by atoms with Crippen molar-refractivity contribution in [3.8, 4) is 0 Å². The number of aromatic amines is 1. The Kier molecular flexibility index (Phi) is 2.46. The number of nitrogens with one attached hydrogen (secondary N) is 1. The molecule has 0 fully saturated rings. The van der Waals surface area contributed by atoms with E-state index in [1.165, 1.54) is 9.78 Å². The maximum atomic E-state index is 10.5. The van der Waals surface area contributed by atoms with Crippen molar-refractivity contribution in [2.24, 2.45) is 5.73 Å². The second-order valence-corrected chi connectivity index (χ2v) is 5.51. The van der Waals surface area contributed by atoms with Crippen LogP contribution in [0.25, 0.3) is 9.78 Å². The van der Waals surface area contributed by atoms with E-state index in [0.717, 1.165) is 4.44 Å². The van der Waals surface area contributed by atoms with E-state index >= 15 is 0 Å². The summed E-state index contributed by atoms with van der Waals surface area (Å²) in [5.41, 5.74) is 5.46. The van der Waals surface area contributed by atoms with E-state index in [4.69, 9.17) is 10.8 Å². The summed E-state index contributed by atoms with van der Waals surface area (Å²) in [6, 6.07) is 3.26. The minimum absolute atomic E-state index is 0.228. The average molecular weight is 257 g/mol. The first-order valence-electron chi connectivity index (χ1n) is 4.21. The summed E-state index contributed by atoms with van der Waals surface area (Å²) in [6.45, 7) is 0. The summed E-state index contributed by atoms with van der Waals surface area (Å²) in [7, 11) is 0. The van der Waals surface area contributed by atoms with Crippen molar-refractivity contribution < 1.29 is 9.90 Å². The number of H-pyrrole nitrogens is 1. The van der Waals surface area contributed by atoms with E-state index in [-0.39, 0.29) is 14.5 Å². The molecule has 74 valence electrons. The zero-order valence-corrected chi connectivity index (χ0v) is 9.07. The molecule has 2 rings (SSSR count). The molecule has 0 aromatic carbocycles. The second-order valence-electron chi connectivity index (χ2n) is 3.12. The number of carboxylic acid groups (broad SMARTS) is 1. The van der Waals surface area contributed by atoms with Crippen LogP contribution in [0.15, 0.2) is 18.3 Å². The number of aromatic nitrogens is 1. The standard InChI is InChI=1S/C9H10N2O2Se/c10-7(9(12)13)4-6-3-5-1-2-11-8(5)14-6/h1-3,7,11H,4,10H2,(H,12,13)/t7-/m0/s1. The number of rotatable bonds is 3. The van der Waals surface area contributed by atoms with Gasteiger partial charge in [-0.2, -0.15) is 0 Å². The minimum atomic E-state index is -0.933. The predicted octanol–water partition coefficient (Wildman–Crippen LogP) is 0.179. The molecule has 0 aliphatic heterocycles. The second kappa shape index (κ2) is 3.61. The van der Waals surface area contributed by atoms with E-state index in [0.29, 0.717) is 6.42 Å². The van der Waals surface area contributed by atoms with Crippen LogP contribution in [-0.2, 0) is 11.2 Å². The van der Waals surface area contributed by atoms with Crippen LogP contribution in [0.3, 0.4) is 0 Å². The SMILES string of the molecule is N[C@@H](Cc1cc2cc[nH]c2[se]1)C(=O)O. The molecule has 4 nitrogen and oxygen atoms in total. The van der Waals surface area contributed by atoms with E-state index < -0.39 is 12.0 Å². The molecule has 0 aliphatic carbocycles. The fourth-order valence-corrected chi connectivity index (χ4v) is 3.58. The van der Waals surface area contributed by atoms with Gasteiger partial charge in [0.2, 0.25) is 0 Å². The van der Waals surface area contributed by atoms with E-state index in [1.807, 2.05) is 18.3 Å². The molecule has 0 saturated carbocycles. The number of fused-ring (bicyclic) bond motifs is 1. The molecule has 2 aromatic heterocycles. The number of carboxylic acids is 1. The van der Waals surface area contributed by atoms with Crippen LogP contribution in [0, 0.1) is 0 Å². The van der Waals surface area contributed by atoms with E-state index in [2.05, 4.69) is 4.98 Å². The van der Waals surface area contributed by atoms with Crippen LogP contribution >= 0.6 is 0 Å². The van der Waals surface area contributed by atoms with Crippen LogP contribution in [-0.4, -0.2) is 36.6 Å². The van der Waals surface area contributed by atoms with E-state index in [9.17, 15) is 4.79 Å². The van der Waals surface area contributed by atoms with Gasteiger partial charge in [-0.25, -0.2) is 0 Å². The molecule has 2 aromatic rings. The zero-order valence-electron chi connectivity index (χ0n) is 7.36. The van der Waals surface area contributed by atoms with Gasteiger partial charge in [-0.1, -0.05) is 0 Å². The van der Waals surface area contributed by atoms with Crippen LogP contribution in [0.5, 0.6) is 0 Å². The molecule has 14 heavy (non-hydrogen) atoms. The third kappa shape index (κ3) is 1.75. The fourth-order valence-electron chi connectivity index (χ4n) is 1.31. The molecule has 0 amide bonds. The fraction of sp³-hybridized carbons (Fsp3) is 0.222. The molecule has 0 radical (unpaired) electrons. The maximum absolute atomic E-state index is 10.5. The van der Waals surface area contributed by atoms with Crippen molar-refractivity contribution in [3.05, 3.63) is 22.8 Å². The van der Waals surface area contributed by atoms with Crippen LogP contribution in [0.1, 0.15) is 4.44 Å². The van der Waals surface area contributed by atoms with Crippen molar-refractivity contribution in [1.82, 2.24) is 4.98 Å². The van der Waals surface area contributed by atoms with Crippen LogP contribution in [0.4, 0.5) is 0 Å². The predicted molar refractivity (Wildman–Crippen MR) is 54.6 cm³/mol. The Morgan fingerprint density at radius 3 is 3.14 bits per heavy atom. The molecule has 1 atom stereocenters. The topological polar surface area (TPSA) is 79.1 Å². The Morgan fingerprint density at radius 2 is 2.50 bits per heavy atom. The first-order valence-corrected chi connectivity index (χ1v) is 5.92. The Balaban J connectivity index is 2.19. The molecule has 0 unspecified atom stereocenters. The van der Waals surface area contributed by atoms with Gasteiger partial charge >= 0.3 is 86.1 Å². The van der Waals surface area contributed by atoms with Gasteiger partial charge in [0.15, 0.2) is 0 Å². The molecule has 0 saturated heterocycles. The van der Waals surface area contributed by atoms with Crippen molar-refractivity contribution in [2.45, 2.75) is 12.5 Å².